The lowest BCUT2D eigenvalue weighted by molar-refractivity contribution is 0.0780. The van der Waals surface area contributed by atoms with E-state index in [1.54, 1.807) is 20.2 Å². The Labute approximate surface area is 131 Å². The fourth-order valence-electron chi connectivity index (χ4n) is 1.94. The highest BCUT2D eigenvalue weighted by Gasteiger charge is 2.16. The third-order valence-corrected chi connectivity index (χ3v) is 3.58. The normalized spacial score (nSPS) is 10.3. The Bertz CT molecular complexity index is 643. The zero-order chi connectivity index (χ0) is 15.4. The summed E-state index contributed by atoms with van der Waals surface area (Å²) in [5, 5.41) is 0. The van der Waals surface area contributed by atoms with Crippen LogP contribution in [0.15, 0.2) is 46.9 Å². The molecule has 1 amide bonds. The highest BCUT2D eigenvalue weighted by atomic mass is 79.9. The van der Waals surface area contributed by atoms with Gasteiger partial charge in [-0.25, -0.2) is 4.39 Å². The lowest BCUT2D eigenvalue weighted by Crippen LogP contribution is -2.27. The largest absolute Gasteiger partial charge is 0.497 e. The van der Waals surface area contributed by atoms with Crippen molar-refractivity contribution in [2.75, 3.05) is 14.2 Å². The van der Waals surface area contributed by atoms with Crippen LogP contribution in [-0.2, 0) is 6.54 Å². The number of carbonyl (C=O) groups is 1. The van der Waals surface area contributed by atoms with Crippen molar-refractivity contribution in [1.29, 1.82) is 0 Å². The van der Waals surface area contributed by atoms with Crippen LogP contribution in [-0.4, -0.2) is 25.0 Å². The van der Waals surface area contributed by atoms with Gasteiger partial charge < -0.3 is 9.64 Å². The SMILES string of the molecule is COc1ccc(CN(C)C(=O)c2cc(Br)ccc2F)cc1. The molecule has 21 heavy (non-hydrogen) atoms. The van der Waals surface area contributed by atoms with Gasteiger partial charge in [0.25, 0.3) is 5.91 Å². The maximum Gasteiger partial charge on any atom is 0.256 e. The molecule has 3 nitrogen and oxygen atoms in total. The fourth-order valence-corrected chi connectivity index (χ4v) is 2.30. The molecule has 0 atom stereocenters. The molecule has 0 spiro atoms. The van der Waals surface area contributed by atoms with Crippen molar-refractivity contribution in [2.24, 2.45) is 0 Å². The van der Waals surface area contributed by atoms with Crippen LogP contribution < -0.4 is 4.74 Å². The number of hydrogen-bond acceptors (Lipinski definition) is 2. The summed E-state index contributed by atoms with van der Waals surface area (Å²) in [5.41, 5.74) is 1.00. The molecule has 0 aliphatic heterocycles. The molecule has 0 saturated carbocycles. The van der Waals surface area contributed by atoms with Gasteiger partial charge in [0.2, 0.25) is 0 Å². The van der Waals surface area contributed by atoms with Gasteiger partial charge in [-0.05, 0) is 35.9 Å². The number of methoxy groups -OCH3 is 1. The summed E-state index contributed by atoms with van der Waals surface area (Å²) in [5.74, 6) is -0.125. The first-order chi connectivity index (χ1) is 10.0. The lowest BCUT2D eigenvalue weighted by Gasteiger charge is -2.18. The molecule has 0 aliphatic rings. The summed E-state index contributed by atoms with van der Waals surface area (Å²) in [6.45, 7) is 0.398. The van der Waals surface area contributed by atoms with Gasteiger partial charge in [0.15, 0.2) is 0 Å². The van der Waals surface area contributed by atoms with Crippen molar-refractivity contribution in [3.63, 3.8) is 0 Å². The van der Waals surface area contributed by atoms with Gasteiger partial charge in [-0.1, -0.05) is 28.1 Å². The molecule has 0 fully saturated rings. The first-order valence-corrected chi connectivity index (χ1v) is 7.14. The molecule has 2 rings (SSSR count). The number of halogens is 2. The molecule has 0 N–H and O–H groups in total. The number of amides is 1. The Morgan fingerprint density at radius 2 is 1.90 bits per heavy atom. The van der Waals surface area contributed by atoms with Crippen molar-refractivity contribution in [3.8, 4) is 5.75 Å². The first-order valence-electron chi connectivity index (χ1n) is 6.34. The van der Waals surface area contributed by atoms with E-state index in [0.717, 1.165) is 11.3 Å². The van der Waals surface area contributed by atoms with Crippen molar-refractivity contribution >= 4 is 21.8 Å². The van der Waals surface area contributed by atoms with Gasteiger partial charge in [-0.2, -0.15) is 0 Å². The monoisotopic (exact) mass is 351 g/mol. The summed E-state index contributed by atoms with van der Waals surface area (Å²) in [7, 11) is 3.24. The van der Waals surface area contributed by atoms with Gasteiger partial charge in [0.1, 0.15) is 11.6 Å². The lowest BCUT2D eigenvalue weighted by atomic mass is 10.1. The summed E-state index contributed by atoms with van der Waals surface area (Å²) in [6, 6.07) is 11.7. The maximum absolute atomic E-state index is 13.7. The second kappa shape index (κ2) is 6.72. The molecule has 0 aliphatic carbocycles. The fraction of sp³-hybridized carbons (Fsp3) is 0.188. The Kier molecular flexibility index (Phi) is 4.96. The van der Waals surface area contributed by atoms with E-state index in [1.807, 2.05) is 24.3 Å². The molecule has 110 valence electrons. The third-order valence-electron chi connectivity index (χ3n) is 3.08. The van der Waals surface area contributed by atoms with Gasteiger partial charge >= 0.3 is 0 Å². The third kappa shape index (κ3) is 3.82. The van der Waals surface area contributed by atoms with E-state index in [2.05, 4.69) is 15.9 Å². The number of benzene rings is 2. The van der Waals surface area contributed by atoms with Gasteiger partial charge in [-0.15, -0.1) is 0 Å². The van der Waals surface area contributed by atoms with Crippen molar-refractivity contribution in [3.05, 3.63) is 63.9 Å². The van der Waals surface area contributed by atoms with Crippen LogP contribution in [0.3, 0.4) is 0 Å². The summed E-state index contributed by atoms with van der Waals surface area (Å²) >= 11 is 3.25. The quantitative estimate of drug-likeness (QED) is 0.836. The summed E-state index contributed by atoms with van der Waals surface area (Å²) < 4.78 is 19.5. The minimum absolute atomic E-state index is 0.0559. The topological polar surface area (TPSA) is 29.5 Å². The average molecular weight is 352 g/mol. The Balaban J connectivity index is 2.13. The van der Waals surface area contributed by atoms with E-state index in [1.165, 1.54) is 17.0 Å². The van der Waals surface area contributed by atoms with Crippen LogP contribution in [0.4, 0.5) is 4.39 Å². The van der Waals surface area contributed by atoms with E-state index in [-0.39, 0.29) is 11.5 Å². The van der Waals surface area contributed by atoms with E-state index in [4.69, 9.17) is 4.74 Å². The molecule has 0 unspecified atom stereocenters. The second-order valence-corrected chi connectivity index (χ2v) is 5.55. The molecule has 0 aromatic heterocycles. The van der Waals surface area contributed by atoms with E-state index in [0.29, 0.717) is 11.0 Å². The van der Waals surface area contributed by atoms with Crippen LogP contribution >= 0.6 is 15.9 Å². The standard InChI is InChI=1S/C16H15BrFNO2/c1-19(10-11-3-6-13(21-2)7-4-11)16(20)14-9-12(17)5-8-15(14)18/h3-9H,10H2,1-2H3. The van der Waals surface area contributed by atoms with Crippen LogP contribution in [0.25, 0.3) is 0 Å². The zero-order valence-corrected chi connectivity index (χ0v) is 13.4. The zero-order valence-electron chi connectivity index (χ0n) is 11.8. The van der Waals surface area contributed by atoms with E-state index in [9.17, 15) is 9.18 Å². The minimum Gasteiger partial charge on any atom is -0.497 e. The van der Waals surface area contributed by atoms with Crippen molar-refractivity contribution in [2.45, 2.75) is 6.54 Å². The maximum atomic E-state index is 13.7. The van der Waals surface area contributed by atoms with Crippen molar-refractivity contribution in [1.82, 2.24) is 4.90 Å². The molecule has 2 aromatic rings. The summed E-state index contributed by atoms with van der Waals surface area (Å²) in [4.78, 5) is 13.8. The highest BCUT2D eigenvalue weighted by Crippen LogP contribution is 2.18. The van der Waals surface area contributed by atoms with E-state index < -0.39 is 5.82 Å². The summed E-state index contributed by atoms with van der Waals surface area (Å²) in [6.07, 6.45) is 0. The molecule has 2 aromatic carbocycles. The Hall–Kier alpha value is -1.88. The predicted octanol–water partition coefficient (Wildman–Crippen LogP) is 3.87. The predicted molar refractivity (Wildman–Crippen MR) is 82.9 cm³/mol. The molecule has 0 heterocycles. The van der Waals surface area contributed by atoms with Crippen LogP contribution in [0, 0.1) is 5.82 Å². The molecule has 5 heteroatoms. The van der Waals surface area contributed by atoms with Gasteiger partial charge in [0, 0.05) is 18.1 Å². The minimum atomic E-state index is -0.523. The average Bonchev–Trinajstić information content (AvgIpc) is 2.49. The Morgan fingerprint density at radius 3 is 2.52 bits per heavy atom. The number of rotatable bonds is 4. The number of nitrogens with zero attached hydrogens (tertiary/aromatic N) is 1. The van der Waals surface area contributed by atoms with Crippen LogP contribution in [0.1, 0.15) is 15.9 Å². The number of ether oxygens (including phenoxy) is 1. The van der Waals surface area contributed by atoms with E-state index >= 15 is 0 Å². The first kappa shape index (κ1) is 15.5. The Morgan fingerprint density at radius 1 is 1.24 bits per heavy atom. The molecule has 0 saturated heterocycles. The molecular formula is C16H15BrFNO2. The van der Waals surface area contributed by atoms with Gasteiger partial charge in [0.05, 0.1) is 12.7 Å². The van der Waals surface area contributed by atoms with Crippen LogP contribution in [0.5, 0.6) is 5.75 Å². The molecular weight excluding hydrogens is 337 g/mol. The number of carbonyl (C=O) groups excluding carboxylic acids is 1. The van der Waals surface area contributed by atoms with Crippen LogP contribution in [0.2, 0.25) is 0 Å². The smallest absolute Gasteiger partial charge is 0.256 e. The van der Waals surface area contributed by atoms with Crippen molar-refractivity contribution < 1.29 is 13.9 Å². The van der Waals surface area contributed by atoms with Gasteiger partial charge in [-0.3, -0.25) is 4.79 Å². The second-order valence-electron chi connectivity index (χ2n) is 4.63. The highest BCUT2D eigenvalue weighted by molar-refractivity contribution is 9.10. The molecule has 0 radical (unpaired) electrons. The molecule has 0 bridgehead atoms. The number of hydrogen-bond donors (Lipinski definition) is 0.